The molecular formula is C13H17BrClN3O. The molecule has 2 N–H and O–H groups in total. The first-order chi connectivity index (χ1) is 8.48. The predicted molar refractivity (Wildman–Crippen MR) is 80.6 cm³/mol. The Morgan fingerprint density at radius 1 is 1.53 bits per heavy atom. The average molecular weight is 347 g/mol. The maximum atomic E-state index is 12.2. The van der Waals surface area contributed by atoms with Crippen LogP contribution in [-0.2, 0) is 4.79 Å². The van der Waals surface area contributed by atoms with Crippen molar-refractivity contribution in [3.8, 4) is 0 Å². The van der Waals surface area contributed by atoms with E-state index in [1.54, 1.807) is 0 Å². The van der Waals surface area contributed by atoms with Crippen molar-refractivity contribution in [3.05, 3.63) is 22.3 Å². The summed E-state index contributed by atoms with van der Waals surface area (Å²) in [5.74, 6) is 0.666. The smallest absolute Gasteiger partial charge is 0.242 e. The number of rotatable bonds is 2. The number of nitrogens with zero attached hydrogens (tertiary/aromatic N) is 1. The van der Waals surface area contributed by atoms with E-state index in [1.807, 2.05) is 19.1 Å². The molecule has 1 saturated carbocycles. The number of piperidine rings is 1. The summed E-state index contributed by atoms with van der Waals surface area (Å²) in [5.41, 5.74) is 1.32. The summed E-state index contributed by atoms with van der Waals surface area (Å²) >= 11 is 3.32. The standard InChI is InChI=1S/C13H16BrN3O.ClH/c1-7-3-4-10(14)16-11(7)17-12(18)8-5-13(2)6-9(13)15-8;/h3-4,8-9,15H,5-6H2,1-2H3,(H,16,17,18);1H. The molecule has 1 aromatic rings. The van der Waals surface area contributed by atoms with Crippen LogP contribution in [0.15, 0.2) is 16.7 Å². The molecule has 0 radical (unpaired) electrons. The number of hydrogen-bond donors (Lipinski definition) is 2. The van der Waals surface area contributed by atoms with Crippen LogP contribution in [0.25, 0.3) is 0 Å². The third-order valence-corrected chi connectivity index (χ3v) is 4.49. The van der Waals surface area contributed by atoms with Gasteiger partial charge in [0.1, 0.15) is 10.4 Å². The molecule has 0 spiro atoms. The number of carbonyl (C=O) groups is 1. The maximum absolute atomic E-state index is 12.2. The highest BCUT2D eigenvalue weighted by Crippen LogP contribution is 2.53. The van der Waals surface area contributed by atoms with Crippen molar-refractivity contribution < 1.29 is 4.79 Å². The Morgan fingerprint density at radius 3 is 2.89 bits per heavy atom. The van der Waals surface area contributed by atoms with E-state index >= 15 is 0 Å². The van der Waals surface area contributed by atoms with Gasteiger partial charge in [-0.15, -0.1) is 12.4 Å². The van der Waals surface area contributed by atoms with Crippen molar-refractivity contribution in [2.45, 2.75) is 38.8 Å². The van der Waals surface area contributed by atoms with Crippen molar-refractivity contribution >= 4 is 40.1 Å². The molecule has 1 saturated heterocycles. The van der Waals surface area contributed by atoms with Gasteiger partial charge in [-0.3, -0.25) is 4.79 Å². The average Bonchev–Trinajstić information content (AvgIpc) is 2.82. The van der Waals surface area contributed by atoms with Gasteiger partial charge in [-0.25, -0.2) is 4.98 Å². The van der Waals surface area contributed by atoms with E-state index in [1.165, 1.54) is 6.42 Å². The van der Waals surface area contributed by atoms with Gasteiger partial charge in [0.05, 0.1) is 6.04 Å². The molecule has 2 fully saturated rings. The Hall–Kier alpha value is -0.650. The van der Waals surface area contributed by atoms with Gasteiger partial charge in [0.25, 0.3) is 0 Å². The zero-order valence-electron chi connectivity index (χ0n) is 10.9. The summed E-state index contributed by atoms with van der Waals surface area (Å²) < 4.78 is 0.734. The summed E-state index contributed by atoms with van der Waals surface area (Å²) in [5, 5.41) is 6.28. The highest BCUT2D eigenvalue weighted by atomic mass is 79.9. The number of anilines is 1. The van der Waals surface area contributed by atoms with Crippen LogP contribution >= 0.6 is 28.3 Å². The van der Waals surface area contributed by atoms with Gasteiger partial charge in [-0.2, -0.15) is 0 Å². The molecule has 2 aliphatic rings. The highest BCUT2D eigenvalue weighted by Gasteiger charge is 2.58. The van der Waals surface area contributed by atoms with E-state index in [2.05, 4.69) is 38.5 Å². The van der Waals surface area contributed by atoms with Gasteiger partial charge in [0.15, 0.2) is 0 Å². The lowest BCUT2D eigenvalue weighted by atomic mass is 10.0. The second kappa shape index (κ2) is 5.04. The summed E-state index contributed by atoms with van der Waals surface area (Å²) in [6, 6.07) is 4.27. The summed E-state index contributed by atoms with van der Waals surface area (Å²) in [7, 11) is 0. The molecule has 3 unspecified atom stereocenters. The number of hydrogen-bond acceptors (Lipinski definition) is 3. The van der Waals surface area contributed by atoms with Crippen LogP contribution in [0, 0.1) is 12.3 Å². The maximum Gasteiger partial charge on any atom is 0.242 e. The Bertz CT molecular complexity index is 525. The van der Waals surface area contributed by atoms with Crippen LogP contribution in [0.1, 0.15) is 25.3 Å². The fourth-order valence-corrected chi connectivity index (χ4v) is 2.97. The topological polar surface area (TPSA) is 54.0 Å². The lowest BCUT2D eigenvalue weighted by Gasteiger charge is -2.15. The molecule has 4 nitrogen and oxygen atoms in total. The van der Waals surface area contributed by atoms with E-state index in [9.17, 15) is 4.79 Å². The second-order valence-electron chi connectivity index (χ2n) is 5.62. The third kappa shape index (κ3) is 2.78. The van der Waals surface area contributed by atoms with Gasteiger partial charge in [0, 0.05) is 6.04 Å². The Morgan fingerprint density at radius 2 is 2.26 bits per heavy atom. The van der Waals surface area contributed by atoms with E-state index in [-0.39, 0.29) is 24.4 Å². The third-order valence-electron chi connectivity index (χ3n) is 4.05. The number of aryl methyl sites for hydroxylation is 1. The number of aromatic nitrogens is 1. The first-order valence-electron chi connectivity index (χ1n) is 6.18. The quantitative estimate of drug-likeness (QED) is 0.810. The van der Waals surface area contributed by atoms with Crippen molar-refractivity contribution in [1.82, 2.24) is 10.3 Å². The Labute approximate surface area is 127 Å². The van der Waals surface area contributed by atoms with E-state index < -0.39 is 0 Å². The first kappa shape index (κ1) is 14.8. The van der Waals surface area contributed by atoms with Gasteiger partial charge in [-0.05, 0) is 52.7 Å². The van der Waals surface area contributed by atoms with E-state index in [0.29, 0.717) is 17.3 Å². The lowest BCUT2D eigenvalue weighted by Crippen LogP contribution is -2.38. The summed E-state index contributed by atoms with van der Waals surface area (Å²) in [4.78, 5) is 16.4. The highest BCUT2D eigenvalue weighted by molar-refractivity contribution is 9.10. The second-order valence-corrected chi connectivity index (χ2v) is 6.44. The van der Waals surface area contributed by atoms with Crippen molar-refractivity contribution in [3.63, 3.8) is 0 Å². The Kier molecular flexibility index (Phi) is 3.91. The van der Waals surface area contributed by atoms with Crippen molar-refractivity contribution in [1.29, 1.82) is 0 Å². The number of fused-ring (bicyclic) bond motifs is 1. The van der Waals surface area contributed by atoms with E-state index in [4.69, 9.17) is 0 Å². The zero-order valence-corrected chi connectivity index (χ0v) is 13.3. The molecule has 19 heavy (non-hydrogen) atoms. The summed E-state index contributed by atoms with van der Waals surface area (Å²) in [6.45, 7) is 4.18. The molecule has 1 amide bonds. The number of nitrogens with one attached hydrogen (secondary N) is 2. The van der Waals surface area contributed by atoms with Crippen LogP contribution in [0.2, 0.25) is 0 Å². The Balaban J connectivity index is 0.00000133. The zero-order chi connectivity index (χ0) is 12.9. The number of carbonyl (C=O) groups excluding carboxylic acids is 1. The van der Waals surface area contributed by atoms with Gasteiger partial charge in [-0.1, -0.05) is 13.0 Å². The lowest BCUT2D eigenvalue weighted by molar-refractivity contribution is -0.118. The molecule has 0 aromatic carbocycles. The SMILES string of the molecule is Cc1ccc(Br)nc1NC(=O)C1CC2(C)CC2N1.Cl. The summed E-state index contributed by atoms with van der Waals surface area (Å²) in [6.07, 6.45) is 2.13. The molecule has 0 bridgehead atoms. The molecule has 3 rings (SSSR count). The molecule has 1 aliphatic heterocycles. The van der Waals surface area contributed by atoms with Crippen LogP contribution in [0.3, 0.4) is 0 Å². The van der Waals surface area contributed by atoms with Crippen LogP contribution in [0.4, 0.5) is 5.82 Å². The minimum absolute atomic E-state index is 0. The van der Waals surface area contributed by atoms with Gasteiger partial charge >= 0.3 is 0 Å². The van der Waals surface area contributed by atoms with Crippen molar-refractivity contribution in [2.24, 2.45) is 5.41 Å². The fraction of sp³-hybridized carbons (Fsp3) is 0.538. The van der Waals surface area contributed by atoms with Gasteiger partial charge in [0.2, 0.25) is 5.91 Å². The first-order valence-corrected chi connectivity index (χ1v) is 6.97. The minimum Gasteiger partial charge on any atom is -0.309 e. The molecular weight excluding hydrogens is 330 g/mol. The predicted octanol–water partition coefficient (Wildman–Crippen LogP) is 2.65. The van der Waals surface area contributed by atoms with E-state index in [0.717, 1.165) is 16.6 Å². The van der Waals surface area contributed by atoms with Gasteiger partial charge < -0.3 is 10.6 Å². The molecule has 2 heterocycles. The molecule has 1 aliphatic carbocycles. The van der Waals surface area contributed by atoms with Crippen molar-refractivity contribution in [2.75, 3.05) is 5.32 Å². The monoisotopic (exact) mass is 345 g/mol. The largest absolute Gasteiger partial charge is 0.309 e. The number of pyridine rings is 1. The van der Waals surface area contributed by atoms with Crippen LogP contribution < -0.4 is 10.6 Å². The minimum atomic E-state index is -0.0751. The molecule has 3 atom stereocenters. The number of halogens is 2. The molecule has 104 valence electrons. The van der Waals surface area contributed by atoms with Crippen LogP contribution in [-0.4, -0.2) is 23.0 Å². The van der Waals surface area contributed by atoms with Crippen LogP contribution in [0.5, 0.6) is 0 Å². The number of amides is 1. The fourth-order valence-electron chi connectivity index (χ4n) is 2.66. The molecule has 1 aromatic heterocycles. The normalized spacial score (nSPS) is 31.3. The molecule has 6 heteroatoms.